The van der Waals surface area contributed by atoms with Gasteiger partial charge in [0.1, 0.15) is 0 Å². The van der Waals surface area contributed by atoms with Crippen LogP contribution in [0.25, 0.3) is 0 Å². The standard InChI is InChI=1S/C14H12Cl3NO2S/c1-21(19,20)11-4-5-12(16)14(7-11)18-8-9-2-3-10(15)6-13(9)17/h2-7,18H,8H2,1H3. The van der Waals surface area contributed by atoms with E-state index in [0.717, 1.165) is 11.8 Å². The second-order valence-corrected chi connectivity index (χ2v) is 7.77. The van der Waals surface area contributed by atoms with Gasteiger partial charge in [-0.2, -0.15) is 0 Å². The van der Waals surface area contributed by atoms with Gasteiger partial charge in [0.25, 0.3) is 0 Å². The summed E-state index contributed by atoms with van der Waals surface area (Å²) in [6, 6.07) is 9.70. The van der Waals surface area contributed by atoms with Gasteiger partial charge in [0.15, 0.2) is 9.84 Å². The molecule has 0 unspecified atom stereocenters. The minimum absolute atomic E-state index is 0.205. The van der Waals surface area contributed by atoms with Crippen molar-refractivity contribution in [2.24, 2.45) is 0 Å². The Balaban J connectivity index is 2.23. The summed E-state index contributed by atoms with van der Waals surface area (Å²) in [4.78, 5) is 0.205. The molecule has 0 bridgehead atoms. The van der Waals surface area contributed by atoms with E-state index in [4.69, 9.17) is 34.8 Å². The highest BCUT2D eigenvalue weighted by Gasteiger charge is 2.10. The minimum atomic E-state index is -3.28. The van der Waals surface area contributed by atoms with Gasteiger partial charge >= 0.3 is 0 Å². The van der Waals surface area contributed by atoms with Crippen LogP contribution < -0.4 is 5.32 Å². The molecule has 2 aromatic rings. The lowest BCUT2D eigenvalue weighted by atomic mass is 10.2. The van der Waals surface area contributed by atoms with Gasteiger partial charge in [-0.05, 0) is 35.9 Å². The highest BCUT2D eigenvalue weighted by Crippen LogP contribution is 2.27. The van der Waals surface area contributed by atoms with Crippen LogP contribution in [0.5, 0.6) is 0 Å². The number of rotatable bonds is 4. The SMILES string of the molecule is CS(=O)(=O)c1ccc(Cl)c(NCc2ccc(Cl)cc2Cl)c1. The second-order valence-electron chi connectivity index (χ2n) is 4.50. The highest BCUT2D eigenvalue weighted by atomic mass is 35.5. The molecule has 0 radical (unpaired) electrons. The fraction of sp³-hybridized carbons (Fsp3) is 0.143. The smallest absolute Gasteiger partial charge is 0.175 e. The molecule has 112 valence electrons. The van der Waals surface area contributed by atoms with Crippen LogP contribution in [-0.2, 0) is 16.4 Å². The van der Waals surface area contributed by atoms with E-state index in [0.29, 0.717) is 27.3 Å². The van der Waals surface area contributed by atoms with Crippen molar-refractivity contribution in [3.63, 3.8) is 0 Å². The third-order valence-electron chi connectivity index (χ3n) is 2.85. The molecule has 0 aromatic heterocycles. The van der Waals surface area contributed by atoms with Crippen molar-refractivity contribution in [2.75, 3.05) is 11.6 Å². The Bertz CT molecular complexity index is 776. The lowest BCUT2D eigenvalue weighted by Gasteiger charge is -2.11. The number of nitrogens with one attached hydrogen (secondary N) is 1. The highest BCUT2D eigenvalue weighted by molar-refractivity contribution is 7.90. The first-order valence-electron chi connectivity index (χ1n) is 5.95. The van der Waals surface area contributed by atoms with Crippen LogP contribution in [0.1, 0.15) is 5.56 Å². The monoisotopic (exact) mass is 363 g/mol. The summed E-state index contributed by atoms with van der Waals surface area (Å²) in [7, 11) is -3.28. The van der Waals surface area contributed by atoms with Gasteiger partial charge in [-0.15, -0.1) is 0 Å². The zero-order valence-electron chi connectivity index (χ0n) is 11.0. The molecule has 3 nitrogen and oxygen atoms in total. The summed E-state index contributed by atoms with van der Waals surface area (Å²) in [5, 5.41) is 4.60. The van der Waals surface area contributed by atoms with E-state index in [9.17, 15) is 8.42 Å². The first kappa shape index (κ1) is 16.4. The first-order chi connectivity index (χ1) is 9.77. The van der Waals surface area contributed by atoms with Crippen LogP contribution in [0.4, 0.5) is 5.69 Å². The van der Waals surface area contributed by atoms with Crippen LogP contribution in [0, 0.1) is 0 Å². The van der Waals surface area contributed by atoms with E-state index < -0.39 is 9.84 Å². The van der Waals surface area contributed by atoms with Gasteiger partial charge in [0.05, 0.1) is 15.6 Å². The van der Waals surface area contributed by atoms with E-state index in [2.05, 4.69) is 5.32 Å². The first-order valence-corrected chi connectivity index (χ1v) is 8.97. The fourth-order valence-electron chi connectivity index (χ4n) is 1.73. The van der Waals surface area contributed by atoms with E-state index in [1.54, 1.807) is 24.3 Å². The van der Waals surface area contributed by atoms with Gasteiger partial charge in [-0.3, -0.25) is 0 Å². The zero-order valence-corrected chi connectivity index (χ0v) is 14.1. The molecule has 0 aliphatic heterocycles. The summed E-state index contributed by atoms with van der Waals surface area (Å²) in [5.74, 6) is 0. The summed E-state index contributed by atoms with van der Waals surface area (Å²) >= 11 is 18.0. The van der Waals surface area contributed by atoms with Crippen LogP contribution in [-0.4, -0.2) is 14.7 Å². The third-order valence-corrected chi connectivity index (χ3v) is 4.88. The molecule has 0 spiro atoms. The van der Waals surface area contributed by atoms with Gasteiger partial charge < -0.3 is 5.32 Å². The maximum absolute atomic E-state index is 11.6. The Morgan fingerprint density at radius 3 is 2.33 bits per heavy atom. The van der Waals surface area contributed by atoms with E-state index >= 15 is 0 Å². The largest absolute Gasteiger partial charge is 0.380 e. The van der Waals surface area contributed by atoms with Gasteiger partial charge in [0.2, 0.25) is 0 Å². The summed E-state index contributed by atoms with van der Waals surface area (Å²) < 4.78 is 23.1. The predicted octanol–water partition coefficient (Wildman–Crippen LogP) is 4.66. The van der Waals surface area contributed by atoms with E-state index in [-0.39, 0.29) is 4.90 Å². The number of hydrogen-bond donors (Lipinski definition) is 1. The molecule has 7 heteroatoms. The van der Waals surface area contributed by atoms with Crippen LogP contribution in [0.3, 0.4) is 0 Å². The van der Waals surface area contributed by atoms with E-state index in [1.807, 2.05) is 0 Å². The van der Waals surface area contributed by atoms with Gasteiger partial charge in [-0.25, -0.2) is 8.42 Å². The second kappa shape index (κ2) is 6.44. The number of benzene rings is 2. The predicted molar refractivity (Wildman–Crippen MR) is 88.4 cm³/mol. The third kappa shape index (κ3) is 4.27. The van der Waals surface area contributed by atoms with Gasteiger partial charge in [0, 0.05) is 22.8 Å². The molecule has 21 heavy (non-hydrogen) atoms. The maximum atomic E-state index is 11.6. The lowest BCUT2D eigenvalue weighted by Crippen LogP contribution is -2.03. The number of halogens is 3. The van der Waals surface area contributed by atoms with Gasteiger partial charge in [-0.1, -0.05) is 40.9 Å². The molecule has 0 aliphatic carbocycles. The molecule has 2 rings (SSSR count). The van der Waals surface area contributed by atoms with Crippen LogP contribution in [0.2, 0.25) is 15.1 Å². The normalized spacial score (nSPS) is 11.4. The maximum Gasteiger partial charge on any atom is 0.175 e. The summed E-state index contributed by atoms with van der Waals surface area (Å²) in [5.41, 5.74) is 1.37. The van der Waals surface area contributed by atoms with Crippen molar-refractivity contribution in [3.05, 3.63) is 57.0 Å². The van der Waals surface area contributed by atoms with Crippen molar-refractivity contribution in [2.45, 2.75) is 11.4 Å². The Labute approximate surface area is 138 Å². The molecule has 0 saturated carbocycles. The summed E-state index contributed by atoms with van der Waals surface area (Å²) in [6.45, 7) is 0.406. The molecular weight excluding hydrogens is 353 g/mol. The lowest BCUT2D eigenvalue weighted by molar-refractivity contribution is 0.602. The molecule has 0 amide bonds. The average Bonchev–Trinajstić information content (AvgIpc) is 2.38. The molecule has 0 heterocycles. The quantitative estimate of drug-likeness (QED) is 0.858. The minimum Gasteiger partial charge on any atom is -0.380 e. The van der Waals surface area contributed by atoms with Crippen molar-refractivity contribution < 1.29 is 8.42 Å². The Morgan fingerprint density at radius 1 is 1.00 bits per heavy atom. The molecule has 0 saturated heterocycles. The van der Waals surface area contributed by atoms with Crippen molar-refractivity contribution >= 4 is 50.3 Å². The molecule has 0 atom stereocenters. The molecule has 1 N–H and O–H groups in total. The molecule has 0 fully saturated rings. The Morgan fingerprint density at radius 2 is 1.71 bits per heavy atom. The Hall–Kier alpha value is -0.940. The van der Waals surface area contributed by atoms with Crippen LogP contribution in [0.15, 0.2) is 41.3 Å². The molecule has 0 aliphatic rings. The van der Waals surface area contributed by atoms with Crippen LogP contribution >= 0.6 is 34.8 Å². The average molecular weight is 365 g/mol. The number of hydrogen-bond acceptors (Lipinski definition) is 3. The fourth-order valence-corrected chi connectivity index (χ4v) is 3.03. The van der Waals surface area contributed by atoms with Crippen molar-refractivity contribution in [1.29, 1.82) is 0 Å². The topological polar surface area (TPSA) is 46.2 Å². The van der Waals surface area contributed by atoms with Crippen molar-refractivity contribution in [3.8, 4) is 0 Å². The molecular formula is C14H12Cl3NO2S. The number of sulfone groups is 1. The Kier molecular flexibility index (Phi) is 5.04. The zero-order chi connectivity index (χ0) is 15.6. The number of anilines is 1. The summed E-state index contributed by atoms with van der Waals surface area (Å²) in [6.07, 6.45) is 1.15. The van der Waals surface area contributed by atoms with E-state index in [1.165, 1.54) is 12.1 Å². The van der Waals surface area contributed by atoms with Crippen molar-refractivity contribution in [1.82, 2.24) is 0 Å². The molecule has 2 aromatic carbocycles.